The van der Waals surface area contributed by atoms with Crippen LogP contribution in [-0.2, 0) is 0 Å². The fourth-order valence-corrected chi connectivity index (χ4v) is 3.26. The van der Waals surface area contributed by atoms with Crippen LogP contribution < -0.4 is 0 Å². The van der Waals surface area contributed by atoms with E-state index in [-0.39, 0.29) is 0 Å². The molecular weight excluding hydrogens is 306 g/mol. The van der Waals surface area contributed by atoms with Gasteiger partial charge in [0.15, 0.2) is 5.58 Å². The van der Waals surface area contributed by atoms with Gasteiger partial charge in [0.2, 0.25) is 5.89 Å². The van der Waals surface area contributed by atoms with Crippen molar-refractivity contribution >= 4 is 21.9 Å². The number of benzene rings is 4. The van der Waals surface area contributed by atoms with Gasteiger partial charge in [-0.2, -0.15) is 0 Å². The Hall–Kier alpha value is -3.39. The van der Waals surface area contributed by atoms with Crippen LogP contribution in [0.1, 0.15) is 0 Å². The number of hydrogen-bond donors (Lipinski definition) is 0. The lowest BCUT2D eigenvalue weighted by Gasteiger charge is -2.01. The predicted octanol–water partition coefficient (Wildman–Crippen LogP) is 6.32. The first kappa shape index (κ1) is 14.0. The molecule has 25 heavy (non-hydrogen) atoms. The maximum absolute atomic E-state index is 6.04. The summed E-state index contributed by atoms with van der Waals surface area (Å²) in [7, 11) is 0. The first-order valence-corrected chi connectivity index (χ1v) is 8.33. The van der Waals surface area contributed by atoms with Crippen LogP contribution in [0.3, 0.4) is 0 Å². The smallest absolute Gasteiger partial charge is 0.227 e. The monoisotopic (exact) mass is 321 g/mol. The molecule has 0 spiro atoms. The molecule has 0 N–H and O–H groups in total. The Bertz CT molecular complexity index is 1180. The van der Waals surface area contributed by atoms with Gasteiger partial charge in [0, 0.05) is 5.56 Å². The second kappa shape index (κ2) is 5.60. The van der Waals surface area contributed by atoms with Crippen LogP contribution >= 0.6 is 0 Å². The summed E-state index contributed by atoms with van der Waals surface area (Å²) in [5.74, 6) is 0.664. The topological polar surface area (TPSA) is 26.0 Å². The van der Waals surface area contributed by atoms with Gasteiger partial charge in [-0.3, -0.25) is 0 Å². The molecule has 118 valence electrons. The second-order valence-corrected chi connectivity index (χ2v) is 6.09. The van der Waals surface area contributed by atoms with E-state index in [0.29, 0.717) is 5.89 Å². The molecule has 5 rings (SSSR count). The number of hydrogen-bond acceptors (Lipinski definition) is 2. The third-order valence-corrected chi connectivity index (χ3v) is 4.51. The van der Waals surface area contributed by atoms with Crippen molar-refractivity contribution in [2.45, 2.75) is 0 Å². The average molecular weight is 321 g/mol. The largest absolute Gasteiger partial charge is 0.436 e. The van der Waals surface area contributed by atoms with Gasteiger partial charge in [0.05, 0.1) is 0 Å². The summed E-state index contributed by atoms with van der Waals surface area (Å²) in [4.78, 5) is 4.75. The highest BCUT2D eigenvalue weighted by atomic mass is 16.3. The summed E-state index contributed by atoms with van der Waals surface area (Å²) in [5, 5.41) is 2.34. The minimum Gasteiger partial charge on any atom is -0.436 e. The summed E-state index contributed by atoms with van der Waals surface area (Å²) in [5.41, 5.74) is 5.03. The molecule has 0 saturated carbocycles. The maximum atomic E-state index is 6.04. The molecule has 5 aromatic rings. The molecule has 0 aliphatic rings. The van der Waals surface area contributed by atoms with Gasteiger partial charge in [-0.1, -0.05) is 72.8 Å². The lowest BCUT2D eigenvalue weighted by Crippen LogP contribution is -1.81. The van der Waals surface area contributed by atoms with E-state index in [0.717, 1.165) is 27.6 Å². The van der Waals surface area contributed by atoms with Crippen molar-refractivity contribution in [1.29, 1.82) is 0 Å². The summed E-state index contributed by atoms with van der Waals surface area (Å²) < 4.78 is 6.04. The molecular formula is C23H15NO. The highest BCUT2D eigenvalue weighted by Gasteiger charge is 2.12. The lowest BCUT2D eigenvalue weighted by atomic mass is 10.0. The lowest BCUT2D eigenvalue weighted by molar-refractivity contribution is 0.620. The van der Waals surface area contributed by atoms with Crippen LogP contribution in [0.5, 0.6) is 0 Å². The van der Waals surface area contributed by atoms with Gasteiger partial charge in [-0.15, -0.1) is 0 Å². The number of rotatable bonds is 2. The van der Waals surface area contributed by atoms with E-state index in [4.69, 9.17) is 9.40 Å². The highest BCUT2D eigenvalue weighted by Crippen LogP contribution is 2.32. The Labute approximate surface area is 145 Å². The summed E-state index contributed by atoms with van der Waals surface area (Å²) in [6.45, 7) is 0. The van der Waals surface area contributed by atoms with Crippen LogP contribution in [0.25, 0.3) is 44.5 Å². The summed E-state index contributed by atoms with van der Waals surface area (Å²) in [6, 6.07) is 31.0. The molecule has 0 aliphatic heterocycles. The Morgan fingerprint density at radius 1 is 0.640 bits per heavy atom. The fraction of sp³-hybridized carbons (Fsp3) is 0. The van der Waals surface area contributed by atoms with E-state index in [1.807, 2.05) is 42.5 Å². The zero-order chi connectivity index (χ0) is 16.6. The van der Waals surface area contributed by atoms with Crippen LogP contribution in [-0.4, -0.2) is 4.98 Å². The van der Waals surface area contributed by atoms with E-state index in [1.54, 1.807) is 0 Å². The number of nitrogens with zero attached hydrogens (tertiary/aromatic N) is 1. The minimum absolute atomic E-state index is 0.664. The molecule has 2 nitrogen and oxygen atoms in total. The van der Waals surface area contributed by atoms with Gasteiger partial charge in [0.1, 0.15) is 5.52 Å². The molecule has 0 atom stereocenters. The summed E-state index contributed by atoms with van der Waals surface area (Å²) >= 11 is 0. The minimum atomic E-state index is 0.664. The van der Waals surface area contributed by atoms with Crippen molar-refractivity contribution in [3.05, 3.63) is 91.0 Å². The number of aromatic nitrogens is 1. The van der Waals surface area contributed by atoms with E-state index in [2.05, 4.69) is 48.5 Å². The third kappa shape index (κ3) is 2.39. The molecule has 0 amide bonds. The molecule has 4 aromatic carbocycles. The van der Waals surface area contributed by atoms with E-state index < -0.39 is 0 Å². The van der Waals surface area contributed by atoms with Gasteiger partial charge in [0.25, 0.3) is 0 Å². The van der Waals surface area contributed by atoms with Crippen molar-refractivity contribution < 1.29 is 4.42 Å². The Morgan fingerprint density at radius 3 is 2.36 bits per heavy atom. The average Bonchev–Trinajstić information content (AvgIpc) is 3.11. The molecule has 0 bridgehead atoms. The maximum Gasteiger partial charge on any atom is 0.227 e. The Kier molecular flexibility index (Phi) is 3.14. The van der Waals surface area contributed by atoms with Crippen molar-refractivity contribution in [1.82, 2.24) is 4.98 Å². The first-order chi connectivity index (χ1) is 12.4. The van der Waals surface area contributed by atoms with E-state index in [1.165, 1.54) is 10.9 Å². The third-order valence-electron chi connectivity index (χ3n) is 4.51. The quantitative estimate of drug-likeness (QED) is 0.380. The molecule has 0 radical (unpaired) electrons. The fourth-order valence-electron chi connectivity index (χ4n) is 3.26. The highest BCUT2D eigenvalue weighted by molar-refractivity contribution is 5.96. The van der Waals surface area contributed by atoms with Crippen LogP contribution in [0.2, 0.25) is 0 Å². The Balaban J connectivity index is 1.68. The number of oxazole rings is 1. The zero-order valence-electron chi connectivity index (χ0n) is 13.5. The predicted molar refractivity (Wildman–Crippen MR) is 102 cm³/mol. The van der Waals surface area contributed by atoms with Crippen LogP contribution in [0.15, 0.2) is 95.4 Å². The SMILES string of the molecule is c1ccc(-c2ccc3oc(-c4cccc5ccccc45)nc3c2)cc1. The molecule has 2 heteroatoms. The van der Waals surface area contributed by atoms with Gasteiger partial charge >= 0.3 is 0 Å². The van der Waals surface area contributed by atoms with Gasteiger partial charge < -0.3 is 4.42 Å². The van der Waals surface area contributed by atoms with Crippen molar-refractivity contribution in [3.63, 3.8) is 0 Å². The molecule has 1 heterocycles. The van der Waals surface area contributed by atoms with Crippen molar-refractivity contribution in [2.24, 2.45) is 0 Å². The molecule has 1 aromatic heterocycles. The van der Waals surface area contributed by atoms with E-state index in [9.17, 15) is 0 Å². The molecule has 0 aliphatic carbocycles. The second-order valence-electron chi connectivity index (χ2n) is 6.09. The molecule has 0 saturated heterocycles. The first-order valence-electron chi connectivity index (χ1n) is 8.33. The molecule has 0 fully saturated rings. The summed E-state index contributed by atoms with van der Waals surface area (Å²) in [6.07, 6.45) is 0. The number of fused-ring (bicyclic) bond motifs is 2. The van der Waals surface area contributed by atoms with E-state index >= 15 is 0 Å². The molecule has 0 unspecified atom stereocenters. The standard InChI is InChI=1S/C23H15NO/c1-2-7-16(8-3-1)18-13-14-22-21(15-18)24-23(25-22)20-12-6-10-17-9-4-5-11-19(17)20/h1-15H. The van der Waals surface area contributed by atoms with Crippen LogP contribution in [0, 0.1) is 0 Å². The van der Waals surface area contributed by atoms with Crippen LogP contribution in [0.4, 0.5) is 0 Å². The normalized spacial score (nSPS) is 11.2. The Morgan fingerprint density at radius 2 is 1.44 bits per heavy atom. The van der Waals surface area contributed by atoms with Gasteiger partial charge in [-0.25, -0.2) is 4.98 Å². The van der Waals surface area contributed by atoms with Crippen molar-refractivity contribution in [3.8, 4) is 22.6 Å². The van der Waals surface area contributed by atoms with Crippen molar-refractivity contribution in [2.75, 3.05) is 0 Å². The van der Waals surface area contributed by atoms with Gasteiger partial charge in [-0.05, 0) is 40.1 Å². The zero-order valence-corrected chi connectivity index (χ0v) is 13.5.